The molecule has 182 valence electrons. The molecule has 2 aromatic rings. The van der Waals surface area contributed by atoms with Crippen LogP contribution in [-0.2, 0) is 20.4 Å². The van der Waals surface area contributed by atoms with Crippen molar-refractivity contribution in [3.05, 3.63) is 70.8 Å². The van der Waals surface area contributed by atoms with Gasteiger partial charge in [-0.05, 0) is 59.8 Å². The van der Waals surface area contributed by atoms with E-state index in [1.54, 1.807) is 12.0 Å². The highest BCUT2D eigenvalue weighted by Gasteiger charge is 2.74. The molecule has 8 rings (SSSR count). The van der Waals surface area contributed by atoms with Crippen LogP contribution in [0.15, 0.2) is 48.5 Å². The topological polar surface area (TPSA) is 46.6 Å². The molecule has 5 aliphatic carbocycles. The summed E-state index contributed by atoms with van der Waals surface area (Å²) in [6.45, 7) is 9.01. The summed E-state index contributed by atoms with van der Waals surface area (Å²) >= 11 is 1.39. The molecular formula is C30H33NO3S. The third kappa shape index (κ3) is 2.16. The standard InChI is InChI=1S/C30H33NO3S/c1-27(2)17-14-15-30(27,22(16-17)34-5)25(32)31-23-24(35-26(31)33)29(4)20-12-8-6-10-18(20)28(23,3)19-11-7-9-13-21(19)29/h6-13,17,22-24H,14-16H2,1-5H3/t17-,22-,23-,24+,28?,29?,30+/m1/s1. The van der Waals surface area contributed by atoms with Gasteiger partial charge < -0.3 is 4.74 Å². The van der Waals surface area contributed by atoms with Crippen LogP contribution in [0.3, 0.4) is 0 Å². The van der Waals surface area contributed by atoms with Gasteiger partial charge in [-0.3, -0.25) is 14.5 Å². The number of benzene rings is 2. The first-order valence-corrected chi connectivity index (χ1v) is 13.8. The summed E-state index contributed by atoms with van der Waals surface area (Å²) in [5, 5.41) is -0.105. The van der Waals surface area contributed by atoms with Crippen molar-refractivity contribution in [3.8, 4) is 0 Å². The number of amides is 2. The third-order valence-electron chi connectivity index (χ3n) is 11.2. The summed E-state index contributed by atoms with van der Waals surface area (Å²) in [7, 11) is 1.73. The molecule has 1 aliphatic heterocycles. The molecule has 4 bridgehead atoms. The minimum atomic E-state index is -0.648. The molecule has 0 aromatic heterocycles. The Hall–Kier alpha value is -2.11. The van der Waals surface area contributed by atoms with Gasteiger partial charge in [-0.2, -0.15) is 0 Å². The largest absolute Gasteiger partial charge is 0.380 e. The fourth-order valence-electron chi connectivity index (χ4n) is 9.31. The van der Waals surface area contributed by atoms with E-state index in [2.05, 4.69) is 76.2 Å². The van der Waals surface area contributed by atoms with Crippen LogP contribution in [0, 0.1) is 16.7 Å². The molecule has 3 fully saturated rings. The number of imide groups is 1. The van der Waals surface area contributed by atoms with Crippen LogP contribution >= 0.6 is 11.8 Å². The first kappa shape index (κ1) is 22.1. The van der Waals surface area contributed by atoms with Gasteiger partial charge in [-0.15, -0.1) is 0 Å². The average Bonchev–Trinajstić information content (AvgIpc) is 3.43. The molecule has 35 heavy (non-hydrogen) atoms. The van der Waals surface area contributed by atoms with Crippen LogP contribution in [0.5, 0.6) is 0 Å². The number of nitrogens with zero attached hydrogens (tertiary/aromatic N) is 1. The molecule has 0 N–H and O–H groups in total. The number of carbonyl (C=O) groups is 2. The van der Waals surface area contributed by atoms with E-state index < -0.39 is 10.8 Å². The Morgan fingerprint density at radius 2 is 1.49 bits per heavy atom. The smallest absolute Gasteiger partial charge is 0.289 e. The SMILES string of the molecule is CO[C@@H]1C[C@H]2CC[C@]1(C(=O)N1C(=O)S[C@H]3[C@@H]1C1(C)c4ccccc4C3(C)c3ccccc31)C2(C)C. The van der Waals surface area contributed by atoms with Gasteiger partial charge in [0.2, 0.25) is 5.91 Å². The van der Waals surface area contributed by atoms with Crippen LogP contribution in [0.1, 0.15) is 69.2 Å². The Bertz CT molecular complexity index is 1250. The summed E-state index contributed by atoms with van der Waals surface area (Å²) in [6.07, 6.45) is 2.60. The Morgan fingerprint density at radius 3 is 2.00 bits per heavy atom. The summed E-state index contributed by atoms with van der Waals surface area (Å²) in [6, 6.07) is 17.1. The van der Waals surface area contributed by atoms with Crippen molar-refractivity contribution in [2.24, 2.45) is 16.7 Å². The second kappa shape index (κ2) is 6.60. The number of hydrogen-bond acceptors (Lipinski definition) is 4. The number of methoxy groups -OCH3 is 1. The molecular weight excluding hydrogens is 454 g/mol. The molecule has 1 heterocycles. The van der Waals surface area contributed by atoms with E-state index in [0.29, 0.717) is 5.92 Å². The summed E-state index contributed by atoms with van der Waals surface area (Å²) in [5.41, 5.74) is 3.47. The van der Waals surface area contributed by atoms with Gasteiger partial charge >= 0.3 is 0 Å². The highest BCUT2D eigenvalue weighted by molar-refractivity contribution is 8.14. The Labute approximate surface area is 211 Å². The molecule has 2 saturated carbocycles. The predicted molar refractivity (Wildman–Crippen MR) is 138 cm³/mol. The van der Waals surface area contributed by atoms with Crippen molar-refractivity contribution in [1.29, 1.82) is 0 Å². The summed E-state index contributed by atoms with van der Waals surface area (Å²) in [5.74, 6) is 0.460. The average molecular weight is 488 g/mol. The summed E-state index contributed by atoms with van der Waals surface area (Å²) < 4.78 is 5.99. The molecule has 2 aromatic carbocycles. The Morgan fingerprint density at radius 1 is 0.943 bits per heavy atom. The van der Waals surface area contributed by atoms with Crippen LogP contribution in [0.25, 0.3) is 0 Å². The van der Waals surface area contributed by atoms with Crippen molar-refractivity contribution >= 4 is 22.9 Å². The zero-order chi connectivity index (χ0) is 24.5. The Kier molecular flexibility index (Phi) is 4.17. The van der Waals surface area contributed by atoms with E-state index in [1.807, 2.05) is 0 Å². The maximum Gasteiger partial charge on any atom is 0.289 e. The highest BCUT2D eigenvalue weighted by Crippen LogP contribution is 2.70. The van der Waals surface area contributed by atoms with Crippen molar-refractivity contribution in [2.75, 3.05) is 7.11 Å². The molecule has 6 aliphatic rings. The molecule has 0 spiro atoms. The number of fused-ring (bicyclic) bond motifs is 2. The van der Waals surface area contributed by atoms with Gasteiger partial charge in [0.05, 0.1) is 17.6 Å². The number of ether oxygens (including phenoxy) is 1. The van der Waals surface area contributed by atoms with E-state index in [4.69, 9.17) is 4.74 Å². The van der Waals surface area contributed by atoms with E-state index in [1.165, 1.54) is 34.0 Å². The van der Waals surface area contributed by atoms with E-state index in [9.17, 15) is 9.59 Å². The lowest BCUT2D eigenvalue weighted by molar-refractivity contribution is -0.155. The quantitative estimate of drug-likeness (QED) is 0.529. The molecule has 4 nitrogen and oxygen atoms in total. The maximum absolute atomic E-state index is 14.8. The normalized spacial score (nSPS) is 41.6. The van der Waals surface area contributed by atoms with Crippen LogP contribution in [-0.4, -0.2) is 40.6 Å². The van der Waals surface area contributed by atoms with Gasteiger partial charge in [-0.1, -0.05) is 81.1 Å². The number of hydrogen-bond donors (Lipinski definition) is 0. The fourth-order valence-corrected chi connectivity index (χ4v) is 10.8. The van der Waals surface area contributed by atoms with Crippen molar-refractivity contribution < 1.29 is 14.3 Å². The van der Waals surface area contributed by atoms with Crippen LogP contribution in [0.2, 0.25) is 0 Å². The Balaban J connectivity index is 1.46. The molecule has 5 heteroatoms. The summed E-state index contributed by atoms with van der Waals surface area (Å²) in [4.78, 5) is 30.5. The number of thioether (sulfide) groups is 1. The van der Waals surface area contributed by atoms with Crippen molar-refractivity contribution in [2.45, 2.75) is 75.2 Å². The zero-order valence-corrected chi connectivity index (χ0v) is 21.9. The molecule has 2 amide bonds. The van der Waals surface area contributed by atoms with Gasteiger partial charge in [0.15, 0.2) is 0 Å². The lowest BCUT2D eigenvalue weighted by atomic mass is 9.47. The van der Waals surface area contributed by atoms with Crippen molar-refractivity contribution in [1.82, 2.24) is 4.90 Å². The first-order chi connectivity index (χ1) is 16.6. The minimum Gasteiger partial charge on any atom is -0.380 e. The molecule has 1 saturated heterocycles. The lowest BCUT2D eigenvalue weighted by Crippen LogP contribution is -2.68. The maximum atomic E-state index is 14.8. The first-order valence-electron chi connectivity index (χ1n) is 12.9. The number of rotatable bonds is 2. The predicted octanol–water partition coefficient (Wildman–Crippen LogP) is 5.90. The third-order valence-corrected chi connectivity index (χ3v) is 12.6. The van der Waals surface area contributed by atoms with Gasteiger partial charge in [0.25, 0.3) is 5.24 Å². The van der Waals surface area contributed by atoms with Crippen molar-refractivity contribution in [3.63, 3.8) is 0 Å². The molecule has 5 atom stereocenters. The number of carbonyl (C=O) groups excluding carboxylic acids is 2. The minimum absolute atomic E-state index is 0.00619. The monoisotopic (exact) mass is 487 g/mol. The highest BCUT2D eigenvalue weighted by atomic mass is 32.2. The molecule has 0 unspecified atom stereocenters. The lowest BCUT2D eigenvalue weighted by Gasteiger charge is -2.60. The molecule has 0 radical (unpaired) electrons. The van der Waals surface area contributed by atoms with E-state index in [0.717, 1.165) is 19.3 Å². The van der Waals surface area contributed by atoms with Crippen LogP contribution < -0.4 is 0 Å². The zero-order valence-electron chi connectivity index (χ0n) is 21.1. The van der Waals surface area contributed by atoms with E-state index in [-0.39, 0.29) is 39.4 Å². The van der Waals surface area contributed by atoms with Crippen LogP contribution in [0.4, 0.5) is 4.79 Å². The van der Waals surface area contributed by atoms with Gasteiger partial charge in [0.1, 0.15) is 0 Å². The fraction of sp³-hybridized carbons (Fsp3) is 0.533. The van der Waals surface area contributed by atoms with E-state index >= 15 is 0 Å². The second-order valence-corrected chi connectivity index (χ2v) is 13.4. The van der Waals surface area contributed by atoms with Gasteiger partial charge in [0, 0.05) is 23.2 Å². The second-order valence-electron chi connectivity index (χ2n) is 12.3. The van der Waals surface area contributed by atoms with Gasteiger partial charge in [-0.25, -0.2) is 0 Å².